The van der Waals surface area contributed by atoms with E-state index < -0.39 is 5.97 Å². The van der Waals surface area contributed by atoms with Crippen molar-refractivity contribution in [2.45, 2.75) is 13.8 Å². The van der Waals surface area contributed by atoms with Crippen molar-refractivity contribution in [3.05, 3.63) is 51.8 Å². The number of hydrogen-bond donors (Lipinski definition) is 1. The molecule has 2 rings (SSSR count). The monoisotopic (exact) mass is 321 g/mol. The maximum absolute atomic E-state index is 11.1. The first-order valence-electron chi connectivity index (χ1n) is 5.61. The lowest BCUT2D eigenvalue weighted by atomic mass is 10.2. The van der Waals surface area contributed by atoms with Gasteiger partial charge in [-0.2, -0.15) is 0 Å². The zero-order chi connectivity index (χ0) is 14.0. The highest BCUT2D eigenvalue weighted by molar-refractivity contribution is 9.10. The lowest BCUT2D eigenvalue weighted by molar-refractivity contribution is 0.0694. The molecule has 1 heterocycles. The highest BCUT2D eigenvalue weighted by Gasteiger charge is 2.13. The molecule has 4 nitrogen and oxygen atoms in total. The van der Waals surface area contributed by atoms with Crippen molar-refractivity contribution in [1.82, 2.24) is 4.98 Å². The number of halogens is 1. The van der Waals surface area contributed by atoms with Crippen LogP contribution in [0.3, 0.4) is 0 Å². The van der Waals surface area contributed by atoms with E-state index in [1.807, 2.05) is 13.8 Å². The van der Waals surface area contributed by atoms with Crippen LogP contribution in [-0.4, -0.2) is 16.1 Å². The minimum Gasteiger partial charge on any atom is -0.478 e. The molecule has 0 fully saturated rings. The van der Waals surface area contributed by atoms with Gasteiger partial charge in [-0.1, -0.05) is 15.9 Å². The first-order valence-corrected chi connectivity index (χ1v) is 6.41. The van der Waals surface area contributed by atoms with Crippen LogP contribution in [0.2, 0.25) is 0 Å². The molecule has 0 saturated heterocycles. The van der Waals surface area contributed by atoms with Crippen molar-refractivity contribution in [3.63, 3.8) is 0 Å². The van der Waals surface area contributed by atoms with Gasteiger partial charge in [-0.25, -0.2) is 4.79 Å². The summed E-state index contributed by atoms with van der Waals surface area (Å²) >= 11 is 3.30. The van der Waals surface area contributed by atoms with E-state index in [4.69, 9.17) is 9.84 Å². The molecule has 1 aromatic heterocycles. The van der Waals surface area contributed by atoms with Crippen LogP contribution in [0.25, 0.3) is 0 Å². The highest BCUT2D eigenvalue weighted by Crippen LogP contribution is 2.29. The molecular weight excluding hydrogens is 310 g/mol. The van der Waals surface area contributed by atoms with Crippen molar-refractivity contribution in [3.8, 4) is 11.5 Å². The highest BCUT2D eigenvalue weighted by atomic mass is 79.9. The lowest BCUT2D eigenvalue weighted by Gasteiger charge is -2.10. The Balaban J connectivity index is 2.42. The van der Waals surface area contributed by atoms with E-state index in [0.717, 1.165) is 15.9 Å². The van der Waals surface area contributed by atoms with Gasteiger partial charge in [0.1, 0.15) is 17.1 Å². The first kappa shape index (κ1) is 13.5. The number of aryl methyl sites for hydroxylation is 2. The Hall–Kier alpha value is -1.88. The molecule has 0 atom stereocenters. The van der Waals surface area contributed by atoms with E-state index in [0.29, 0.717) is 11.5 Å². The van der Waals surface area contributed by atoms with E-state index in [-0.39, 0.29) is 5.56 Å². The van der Waals surface area contributed by atoms with E-state index in [1.54, 1.807) is 24.3 Å². The standard InChI is InChI=1S/C14H12BrNO3/c1-8-5-11(6-9(2)16-8)19-13-7-10(15)3-4-12(13)14(17)18/h3-7H,1-2H3,(H,17,18). The second kappa shape index (κ2) is 5.40. The summed E-state index contributed by atoms with van der Waals surface area (Å²) in [5.41, 5.74) is 1.76. The van der Waals surface area contributed by atoms with Crippen molar-refractivity contribution < 1.29 is 14.6 Å². The normalized spacial score (nSPS) is 10.3. The minimum atomic E-state index is -1.02. The number of rotatable bonds is 3. The predicted molar refractivity (Wildman–Crippen MR) is 74.9 cm³/mol. The van der Waals surface area contributed by atoms with Crippen LogP contribution in [-0.2, 0) is 0 Å². The third kappa shape index (κ3) is 3.32. The van der Waals surface area contributed by atoms with Gasteiger partial charge in [-0.3, -0.25) is 4.98 Å². The summed E-state index contributed by atoms with van der Waals surface area (Å²) < 4.78 is 6.42. The number of aromatic carboxylic acids is 1. The van der Waals surface area contributed by atoms with Gasteiger partial charge in [0.2, 0.25) is 0 Å². The molecule has 0 bridgehead atoms. The van der Waals surface area contributed by atoms with Crippen LogP contribution < -0.4 is 4.74 Å². The van der Waals surface area contributed by atoms with Crippen molar-refractivity contribution in [1.29, 1.82) is 0 Å². The molecule has 19 heavy (non-hydrogen) atoms. The third-order valence-electron chi connectivity index (χ3n) is 2.46. The summed E-state index contributed by atoms with van der Waals surface area (Å²) in [5.74, 6) is -0.150. The van der Waals surface area contributed by atoms with Gasteiger partial charge < -0.3 is 9.84 Å². The van der Waals surface area contributed by atoms with Gasteiger partial charge in [0.15, 0.2) is 0 Å². The van der Waals surface area contributed by atoms with Crippen LogP contribution in [0.15, 0.2) is 34.8 Å². The summed E-state index contributed by atoms with van der Waals surface area (Å²) in [6.45, 7) is 3.72. The summed E-state index contributed by atoms with van der Waals surface area (Å²) in [6, 6.07) is 8.33. The number of aromatic nitrogens is 1. The van der Waals surface area contributed by atoms with E-state index >= 15 is 0 Å². The van der Waals surface area contributed by atoms with Gasteiger partial charge in [0.25, 0.3) is 0 Å². The Morgan fingerprint density at radius 2 is 1.84 bits per heavy atom. The maximum Gasteiger partial charge on any atom is 0.339 e. The quantitative estimate of drug-likeness (QED) is 0.929. The van der Waals surface area contributed by atoms with Gasteiger partial charge in [-0.05, 0) is 32.0 Å². The SMILES string of the molecule is Cc1cc(Oc2cc(Br)ccc2C(=O)O)cc(C)n1. The smallest absolute Gasteiger partial charge is 0.339 e. The van der Waals surface area contributed by atoms with E-state index in [9.17, 15) is 4.79 Å². The lowest BCUT2D eigenvalue weighted by Crippen LogP contribution is -2.00. The number of nitrogens with zero attached hydrogens (tertiary/aromatic N) is 1. The van der Waals surface area contributed by atoms with Gasteiger partial charge in [0.05, 0.1) is 0 Å². The third-order valence-corrected chi connectivity index (χ3v) is 2.95. The van der Waals surface area contributed by atoms with Crippen LogP contribution in [0.4, 0.5) is 0 Å². The molecule has 0 saturated carbocycles. The van der Waals surface area contributed by atoms with Gasteiger partial charge in [0, 0.05) is 28.0 Å². The number of pyridine rings is 1. The molecule has 0 radical (unpaired) electrons. The average Bonchev–Trinajstić information content (AvgIpc) is 2.26. The fraction of sp³-hybridized carbons (Fsp3) is 0.143. The Bertz CT molecular complexity index is 620. The average molecular weight is 322 g/mol. The van der Waals surface area contributed by atoms with E-state index in [2.05, 4.69) is 20.9 Å². The Kier molecular flexibility index (Phi) is 3.85. The van der Waals surface area contributed by atoms with Crippen LogP contribution in [0.1, 0.15) is 21.7 Å². The number of carboxylic acids is 1. The molecule has 0 aliphatic carbocycles. The van der Waals surface area contributed by atoms with Crippen molar-refractivity contribution in [2.24, 2.45) is 0 Å². The Labute approximate surface area is 119 Å². The number of benzene rings is 1. The molecule has 1 aromatic carbocycles. The molecule has 98 valence electrons. The maximum atomic E-state index is 11.1. The van der Waals surface area contributed by atoms with Crippen LogP contribution >= 0.6 is 15.9 Å². The molecular formula is C14H12BrNO3. The molecule has 5 heteroatoms. The minimum absolute atomic E-state index is 0.121. The van der Waals surface area contributed by atoms with Gasteiger partial charge >= 0.3 is 5.97 Å². The second-order valence-electron chi connectivity index (χ2n) is 4.13. The van der Waals surface area contributed by atoms with Crippen molar-refractivity contribution >= 4 is 21.9 Å². The molecule has 0 spiro atoms. The second-order valence-corrected chi connectivity index (χ2v) is 5.05. The molecule has 0 amide bonds. The van der Waals surface area contributed by atoms with E-state index in [1.165, 1.54) is 6.07 Å². The number of ether oxygens (including phenoxy) is 1. The van der Waals surface area contributed by atoms with Crippen LogP contribution in [0, 0.1) is 13.8 Å². The predicted octanol–water partition coefficient (Wildman–Crippen LogP) is 3.95. The fourth-order valence-corrected chi connectivity index (χ4v) is 2.08. The zero-order valence-electron chi connectivity index (χ0n) is 10.5. The number of carboxylic acid groups (broad SMARTS) is 1. The van der Waals surface area contributed by atoms with Crippen molar-refractivity contribution in [2.75, 3.05) is 0 Å². The topological polar surface area (TPSA) is 59.4 Å². The molecule has 1 N–H and O–H groups in total. The number of hydrogen-bond acceptors (Lipinski definition) is 3. The molecule has 0 unspecified atom stereocenters. The zero-order valence-corrected chi connectivity index (χ0v) is 12.1. The van der Waals surface area contributed by atoms with Crippen LogP contribution in [0.5, 0.6) is 11.5 Å². The molecule has 0 aliphatic heterocycles. The molecule has 0 aliphatic rings. The summed E-state index contributed by atoms with van der Waals surface area (Å²) in [6.07, 6.45) is 0. The largest absolute Gasteiger partial charge is 0.478 e. The Morgan fingerprint density at radius 1 is 1.21 bits per heavy atom. The summed E-state index contributed by atoms with van der Waals surface area (Å²) in [7, 11) is 0. The molecule has 2 aromatic rings. The first-order chi connectivity index (χ1) is 8.95. The summed E-state index contributed by atoms with van der Waals surface area (Å²) in [4.78, 5) is 15.4. The summed E-state index contributed by atoms with van der Waals surface area (Å²) in [5, 5.41) is 9.14. The number of carbonyl (C=O) groups is 1. The van der Waals surface area contributed by atoms with Gasteiger partial charge in [-0.15, -0.1) is 0 Å². The Morgan fingerprint density at radius 3 is 2.42 bits per heavy atom. The fourth-order valence-electron chi connectivity index (χ4n) is 1.74.